The van der Waals surface area contributed by atoms with Gasteiger partial charge < -0.3 is 10.4 Å². The molecule has 0 aliphatic carbocycles. The van der Waals surface area contributed by atoms with Gasteiger partial charge in [0.15, 0.2) is 0 Å². The Morgan fingerprint density at radius 2 is 0.959 bits per heavy atom. The van der Waals surface area contributed by atoms with Crippen molar-refractivity contribution < 1.29 is 22.9 Å². The lowest BCUT2D eigenvalue weighted by Crippen LogP contribution is -2.46. The first-order chi connectivity index (χ1) is 23.8. The largest absolute Gasteiger partial charge is 0.387 e. The molecule has 2 atom stereocenters. The summed E-state index contributed by atoms with van der Waals surface area (Å²) in [5.41, 5.74) is 0. The predicted octanol–water partition coefficient (Wildman–Crippen LogP) is 11.7. The first kappa shape index (κ1) is 47.0. The second kappa shape index (κ2) is 35.9. The predicted molar refractivity (Wildman–Crippen MR) is 211 cm³/mol. The van der Waals surface area contributed by atoms with Crippen LogP contribution in [0.1, 0.15) is 181 Å². The monoisotopic (exact) mass is 706 g/mol. The molecule has 6 nitrogen and oxygen atoms in total. The number of rotatable bonds is 35. The molecule has 0 saturated heterocycles. The van der Waals surface area contributed by atoms with E-state index in [1.807, 2.05) is 0 Å². The zero-order valence-corrected chi connectivity index (χ0v) is 32.4. The Labute approximate surface area is 302 Å². The van der Waals surface area contributed by atoms with Gasteiger partial charge in [-0.25, -0.2) is 0 Å². The molecular weight excluding hydrogens is 631 g/mol. The van der Waals surface area contributed by atoms with Crippen molar-refractivity contribution in [2.45, 2.75) is 193 Å². The quantitative estimate of drug-likeness (QED) is 0.0346. The lowest BCUT2D eigenvalue weighted by molar-refractivity contribution is -0.122. The van der Waals surface area contributed by atoms with Crippen LogP contribution in [0.4, 0.5) is 0 Å². The molecule has 0 aromatic heterocycles. The number of amides is 1. The van der Waals surface area contributed by atoms with Crippen molar-refractivity contribution in [3.8, 4) is 0 Å². The fourth-order valence-corrected chi connectivity index (χ4v) is 6.35. The molecule has 0 bridgehead atoms. The Bertz CT molecular complexity index is 999. The van der Waals surface area contributed by atoms with Crippen LogP contribution in [0, 0.1) is 0 Å². The third-order valence-electron chi connectivity index (χ3n) is 8.64. The maximum Gasteiger partial charge on any atom is 0.267 e. The van der Waals surface area contributed by atoms with Gasteiger partial charge in [0.2, 0.25) is 5.91 Å². The third kappa shape index (κ3) is 37.1. The summed E-state index contributed by atoms with van der Waals surface area (Å²) in [6.07, 6.45) is 49.2. The average molecular weight is 706 g/mol. The molecule has 0 aliphatic rings. The Kier molecular flexibility index (Phi) is 34.4. The summed E-state index contributed by atoms with van der Waals surface area (Å²) in [6.45, 7) is 4.47. The van der Waals surface area contributed by atoms with Gasteiger partial charge in [0.1, 0.15) is 0 Å². The van der Waals surface area contributed by atoms with Crippen molar-refractivity contribution in [1.29, 1.82) is 0 Å². The fraction of sp³-hybridized carbons (Fsp3) is 0.738. The topological polar surface area (TPSA) is 104 Å². The summed E-state index contributed by atoms with van der Waals surface area (Å²) >= 11 is 0. The minimum atomic E-state index is -4.36. The van der Waals surface area contributed by atoms with Crippen molar-refractivity contribution in [2.75, 3.05) is 5.75 Å². The van der Waals surface area contributed by atoms with E-state index in [-0.39, 0.29) is 12.3 Å². The molecular formula is C42H75NO5S. The van der Waals surface area contributed by atoms with E-state index in [9.17, 15) is 22.9 Å². The van der Waals surface area contributed by atoms with Gasteiger partial charge in [-0.2, -0.15) is 8.42 Å². The fourth-order valence-electron chi connectivity index (χ4n) is 5.61. The molecule has 0 aliphatic heterocycles. The van der Waals surface area contributed by atoms with E-state index in [0.717, 1.165) is 64.2 Å². The molecule has 0 radical (unpaired) electrons. The molecule has 0 spiro atoms. The third-order valence-corrected chi connectivity index (χ3v) is 9.42. The maximum absolute atomic E-state index is 12.5. The van der Waals surface area contributed by atoms with E-state index in [1.54, 1.807) is 6.08 Å². The minimum absolute atomic E-state index is 0.266. The van der Waals surface area contributed by atoms with Gasteiger partial charge in [0.25, 0.3) is 10.1 Å². The molecule has 3 N–H and O–H groups in total. The number of unbranched alkanes of at least 4 members (excludes halogenated alkanes) is 19. The lowest BCUT2D eigenvalue weighted by Gasteiger charge is -2.21. The number of aliphatic hydroxyl groups excluding tert-OH is 1. The van der Waals surface area contributed by atoms with Crippen LogP contribution in [0.25, 0.3) is 0 Å². The van der Waals surface area contributed by atoms with Crippen molar-refractivity contribution >= 4 is 16.0 Å². The Morgan fingerprint density at radius 1 is 0.551 bits per heavy atom. The van der Waals surface area contributed by atoms with Crippen LogP contribution in [0.2, 0.25) is 0 Å². The van der Waals surface area contributed by atoms with E-state index in [0.29, 0.717) is 12.8 Å². The highest BCUT2D eigenvalue weighted by Crippen LogP contribution is 2.12. The van der Waals surface area contributed by atoms with Crippen LogP contribution in [-0.4, -0.2) is 41.9 Å². The molecule has 1 amide bonds. The second-order valence-electron chi connectivity index (χ2n) is 13.5. The smallest absolute Gasteiger partial charge is 0.267 e. The van der Waals surface area contributed by atoms with Gasteiger partial charge in [0.05, 0.1) is 17.9 Å². The molecule has 0 fully saturated rings. The van der Waals surface area contributed by atoms with Gasteiger partial charge in [-0.3, -0.25) is 9.35 Å². The van der Waals surface area contributed by atoms with Crippen LogP contribution >= 0.6 is 0 Å². The van der Waals surface area contributed by atoms with Gasteiger partial charge in [-0.1, -0.05) is 164 Å². The zero-order valence-electron chi connectivity index (χ0n) is 31.5. The molecule has 0 aromatic carbocycles. The average Bonchev–Trinajstić information content (AvgIpc) is 3.06. The maximum atomic E-state index is 12.5. The highest BCUT2D eigenvalue weighted by molar-refractivity contribution is 7.85. The molecule has 0 aromatic rings. The lowest BCUT2D eigenvalue weighted by atomic mass is 10.1. The number of hydrogen-bond donors (Lipinski definition) is 3. The normalized spacial score (nSPS) is 14.0. The molecule has 0 heterocycles. The highest BCUT2D eigenvalue weighted by atomic mass is 32.2. The van der Waals surface area contributed by atoms with Crippen LogP contribution in [-0.2, 0) is 14.9 Å². The second-order valence-corrected chi connectivity index (χ2v) is 15.0. The molecule has 0 rings (SSSR count). The first-order valence-electron chi connectivity index (χ1n) is 20.0. The molecule has 0 saturated carbocycles. The van der Waals surface area contributed by atoms with Gasteiger partial charge >= 0.3 is 0 Å². The summed E-state index contributed by atoms with van der Waals surface area (Å²) in [5, 5.41) is 13.2. The number of hydrogen-bond acceptors (Lipinski definition) is 4. The van der Waals surface area contributed by atoms with Crippen LogP contribution in [0.3, 0.4) is 0 Å². The number of allylic oxidation sites excluding steroid dienone is 9. The Hall–Kier alpha value is -1.96. The number of carbonyl (C=O) groups excluding carboxylic acids is 1. The van der Waals surface area contributed by atoms with Crippen molar-refractivity contribution in [2.24, 2.45) is 0 Å². The van der Waals surface area contributed by atoms with Crippen molar-refractivity contribution in [3.05, 3.63) is 60.8 Å². The first-order valence-corrected chi connectivity index (χ1v) is 21.6. The Balaban J connectivity index is 4.05. The zero-order chi connectivity index (χ0) is 36.1. The summed E-state index contributed by atoms with van der Waals surface area (Å²) < 4.78 is 32.4. The van der Waals surface area contributed by atoms with Crippen LogP contribution in [0.15, 0.2) is 60.8 Å². The van der Waals surface area contributed by atoms with Gasteiger partial charge in [-0.05, 0) is 70.6 Å². The summed E-state index contributed by atoms with van der Waals surface area (Å²) in [6, 6.07) is -1.09. The standard InChI is InChI=1S/C42H75NO5S/c1-3-5-7-9-11-13-15-17-19-20-21-22-23-24-25-27-29-31-33-35-37-41(44)40(39-49(46,47)48)43-42(45)38-36-34-32-30-28-26-18-16-14-12-10-8-6-4-2/h10,12,16,18,22-23,27,29,35,37,40-41,44H,3-9,11,13-15,17,19-21,24-26,28,30-34,36,38-39H2,1-2H3,(H,43,45)(H,46,47,48)/b12-10-,18-16-,23-22+,29-27+,37-35+. The number of nitrogens with one attached hydrogen (secondary N) is 1. The van der Waals surface area contributed by atoms with E-state index < -0.39 is 28.0 Å². The molecule has 284 valence electrons. The molecule has 7 heteroatoms. The van der Waals surface area contributed by atoms with E-state index in [4.69, 9.17) is 0 Å². The van der Waals surface area contributed by atoms with E-state index in [1.165, 1.54) is 89.5 Å². The summed E-state index contributed by atoms with van der Waals surface area (Å²) in [7, 11) is -4.36. The minimum Gasteiger partial charge on any atom is -0.387 e. The van der Waals surface area contributed by atoms with Crippen molar-refractivity contribution in [1.82, 2.24) is 5.32 Å². The Morgan fingerprint density at radius 3 is 1.47 bits per heavy atom. The van der Waals surface area contributed by atoms with E-state index >= 15 is 0 Å². The number of carbonyl (C=O) groups is 1. The highest BCUT2D eigenvalue weighted by Gasteiger charge is 2.24. The van der Waals surface area contributed by atoms with E-state index in [2.05, 4.69) is 67.8 Å². The van der Waals surface area contributed by atoms with Crippen molar-refractivity contribution in [3.63, 3.8) is 0 Å². The SMILES string of the molecule is CCCC/C=C\C/C=C\CCCCCCCC(=O)NC(CS(=O)(=O)O)C(O)/C=C/CC/C=C/CC/C=C/CCCCCCCCCCCC. The van der Waals surface area contributed by atoms with Gasteiger partial charge in [0, 0.05) is 6.42 Å². The summed E-state index contributed by atoms with van der Waals surface area (Å²) in [4.78, 5) is 12.5. The summed E-state index contributed by atoms with van der Waals surface area (Å²) in [5.74, 6) is -1.03. The van der Waals surface area contributed by atoms with Crippen LogP contribution < -0.4 is 5.32 Å². The van der Waals surface area contributed by atoms with Gasteiger partial charge in [-0.15, -0.1) is 0 Å². The molecule has 2 unspecified atom stereocenters. The molecule has 49 heavy (non-hydrogen) atoms. The van der Waals surface area contributed by atoms with Crippen LogP contribution in [0.5, 0.6) is 0 Å². The number of aliphatic hydroxyl groups is 1.